The van der Waals surface area contributed by atoms with Gasteiger partial charge in [0.1, 0.15) is 5.82 Å². The molecule has 1 rings (SSSR count). The molecule has 0 aliphatic rings. The molecule has 0 unspecified atom stereocenters. The molecule has 0 radical (unpaired) electrons. The van der Waals surface area contributed by atoms with Gasteiger partial charge in [0.2, 0.25) is 0 Å². The van der Waals surface area contributed by atoms with Crippen LogP contribution in [-0.4, -0.2) is 25.1 Å². The summed E-state index contributed by atoms with van der Waals surface area (Å²) in [7, 11) is 2.06. The van der Waals surface area contributed by atoms with Gasteiger partial charge in [0.25, 0.3) is 0 Å². The summed E-state index contributed by atoms with van der Waals surface area (Å²) >= 11 is 0. The minimum Gasteiger partial charge on any atom is -0.356 e. The van der Waals surface area contributed by atoms with Crippen molar-refractivity contribution in [2.24, 2.45) is 5.92 Å². The highest BCUT2D eigenvalue weighted by atomic mass is 15.2. The van der Waals surface area contributed by atoms with Gasteiger partial charge in [-0.2, -0.15) is 0 Å². The standard InChI is InChI=1S/C17H29N3/c1-7-8-20(6)17-10-15(12-18-11-13(2)3)9-16(19-17)14(4)5/h7,9-10,13-14,18H,1,8,11-12H2,2-6H3. The van der Waals surface area contributed by atoms with Crippen LogP contribution in [-0.2, 0) is 6.54 Å². The first-order chi connectivity index (χ1) is 9.43. The zero-order chi connectivity index (χ0) is 15.1. The molecule has 3 nitrogen and oxygen atoms in total. The monoisotopic (exact) mass is 275 g/mol. The predicted molar refractivity (Wildman–Crippen MR) is 88.3 cm³/mol. The Kier molecular flexibility index (Phi) is 6.73. The number of nitrogens with zero attached hydrogens (tertiary/aromatic N) is 2. The molecule has 1 aromatic heterocycles. The maximum atomic E-state index is 4.75. The topological polar surface area (TPSA) is 28.2 Å². The van der Waals surface area contributed by atoms with Crippen molar-refractivity contribution in [3.8, 4) is 0 Å². The van der Waals surface area contributed by atoms with Crippen molar-refractivity contribution in [2.75, 3.05) is 25.0 Å². The molecule has 0 aliphatic carbocycles. The van der Waals surface area contributed by atoms with Crippen molar-refractivity contribution in [1.29, 1.82) is 0 Å². The molecule has 1 heterocycles. The lowest BCUT2D eigenvalue weighted by molar-refractivity contribution is 0.552. The average molecular weight is 275 g/mol. The summed E-state index contributed by atoms with van der Waals surface area (Å²) in [6.45, 7) is 15.4. The fourth-order valence-electron chi connectivity index (χ4n) is 1.98. The Morgan fingerprint density at radius 2 is 2.00 bits per heavy atom. The van der Waals surface area contributed by atoms with Gasteiger partial charge in [-0.05, 0) is 36.1 Å². The van der Waals surface area contributed by atoms with Gasteiger partial charge in [-0.15, -0.1) is 6.58 Å². The van der Waals surface area contributed by atoms with Crippen LogP contribution in [0.4, 0.5) is 5.82 Å². The molecule has 0 aromatic carbocycles. The minimum atomic E-state index is 0.441. The molecule has 0 amide bonds. The minimum absolute atomic E-state index is 0.441. The fraction of sp³-hybridized carbons (Fsp3) is 0.588. The van der Waals surface area contributed by atoms with Crippen LogP contribution in [0.2, 0.25) is 0 Å². The zero-order valence-electron chi connectivity index (χ0n) is 13.6. The average Bonchev–Trinajstić information content (AvgIpc) is 2.38. The Labute approximate surface area is 124 Å². The third-order valence-corrected chi connectivity index (χ3v) is 3.16. The van der Waals surface area contributed by atoms with Crippen molar-refractivity contribution in [3.63, 3.8) is 0 Å². The van der Waals surface area contributed by atoms with Crippen LogP contribution in [0.25, 0.3) is 0 Å². The molecular formula is C17H29N3. The van der Waals surface area contributed by atoms with Gasteiger partial charge in [0.15, 0.2) is 0 Å². The lowest BCUT2D eigenvalue weighted by Crippen LogP contribution is -2.21. The lowest BCUT2D eigenvalue weighted by atomic mass is 10.1. The van der Waals surface area contributed by atoms with Crippen LogP contribution in [0, 0.1) is 5.92 Å². The highest BCUT2D eigenvalue weighted by molar-refractivity contribution is 5.43. The fourth-order valence-corrected chi connectivity index (χ4v) is 1.98. The van der Waals surface area contributed by atoms with Crippen LogP contribution >= 0.6 is 0 Å². The van der Waals surface area contributed by atoms with E-state index in [1.807, 2.05) is 6.08 Å². The van der Waals surface area contributed by atoms with Crippen LogP contribution < -0.4 is 10.2 Å². The van der Waals surface area contributed by atoms with Gasteiger partial charge in [-0.3, -0.25) is 0 Å². The smallest absolute Gasteiger partial charge is 0.129 e. The molecule has 0 spiro atoms. The van der Waals surface area contributed by atoms with Crippen molar-refractivity contribution >= 4 is 5.82 Å². The van der Waals surface area contributed by atoms with Crippen molar-refractivity contribution in [1.82, 2.24) is 10.3 Å². The Balaban J connectivity index is 2.89. The molecule has 0 saturated carbocycles. The third kappa shape index (κ3) is 5.33. The molecule has 112 valence electrons. The summed E-state index contributed by atoms with van der Waals surface area (Å²) in [5, 5.41) is 3.50. The van der Waals surface area contributed by atoms with E-state index >= 15 is 0 Å². The second-order valence-corrected chi connectivity index (χ2v) is 6.11. The second-order valence-electron chi connectivity index (χ2n) is 6.11. The van der Waals surface area contributed by atoms with Crippen LogP contribution in [0.3, 0.4) is 0 Å². The summed E-state index contributed by atoms with van der Waals surface area (Å²) < 4.78 is 0. The predicted octanol–water partition coefficient (Wildman–Crippen LogP) is 3.57. The molecule has 3 heteroatoms. The molecular weight excluding hydrogens is 246 g/mol. The molecule has 0 saturated heterocycles. The van der Waals surface area contributed by atoms with Gasteiger partial charge in [0.05, 0.1) is 0 Å². The highest BCUT2D eigenvalue weighted by Gasteiger charge is 2.09. The van der Waals surface area contributed by atoms with Crippen molar-refractivity contribution in [2.45, 2.75) is 40.2 Å². The Morgan fingerprint density at radius 3 is 2.55 bits per heavy atom. The van der Waals surface area contributed by atoms with E-state index < -0.39 is 0 Å². The number of likely N-dealkylation sites (N-methyl/N-ethyl adjacent to an activating group) is 1. The molecule has 0 atom stereocenters. The van der Waals surface area contributed by atoms with E-state index in [-0.39, 0.29) is 0 Å². The van der Waals surface area contributed by atoms with Crippen molar-refractivity contribution < 1.29 is 0 Å². The van der Waals surface area contributed by atoms with Gasteiger partial charge >= 0.3 is 0 Å². The maximum absolute atomic E-state index is 4.75. The molecule has 0 fully saturated rings. The number of hydrogen-bond donors (Lipinski definition) is 1. The van der Waals surface area contributed by atoms with E-state index in [1.54, 1.807) is 0 Å². The number of aromatic nitrogens is 1. The summed E-state index contributed by atoms with van der Waals surface area (Å²) in [4.78, 5) is 6.87. The number of nitrogens with one attached hydrogen (secondary N) is 1. The third-order valence-electron chi connectivity index (χ3n) is 3.16. The molecule has 0 bridgehead atoms. The van der Waals surface area contributed by atoms with E-state index in [4.69, 9.17) is 4.98 Å². The second kappa shape index (κ2) is 8.05. The highest BCUT2D eigenvalue weighted by Crippen LogP contribution is 2.19. The summed E-state index contributed by atoms with van der Waals surface area (Å²) in [6.07, 6.45) is 1.90. The van der Waals surface area contributed by atoms with E-state index in [2.05, 4.69) is 63.7 Å². The van der Waals surface area contributed by atoms with Crippen LogP contribution in [0.1, 0.15) is 44.9 Å². The number of pyridine rings is 1. The van der Waals surface area contributed by atoms with E-state index in [1.165, 1.54) is 5.56 Å². The largest absolute Gasteiger partial charge is 0.356 e. The lowest BCUT2D eigenvalue weighted by Gasteiger charge is -2.19. The first-order valence-electron chi connectivity index (χ1n) is 7.47. The van der Waals surface area contributed by atoms with Crippen LogP contribution in [0.15, 0.2) is 24.8 Å². The van der Waals surface area contributed by atoms with Gasteiger partial charge in [-0.25, -0.2) is 4.98 Å². The van der Waals surface area contributed by atoms with Crippen molar-refractivity contribution in [3.05, 3.63) is 36.0 Å². The van der Waals surface area contributed by atoms with E-state index in [0.29, 0.717) is 11.8 Å². The summed E-state index contributed by atoms with van der Waals surface area (Å²) in [5.74, 6) is 2.14. The van der Waals surface area contributed by atoms with Crippen LogP contribution in [0.5, 0.6) is 0 Å². The van der Waals surface area contributed by atoms with E-state index in [0.717, 1.165) is 31.1 Å². The zero-order valence-corrected chi connectivity index (χ0v) is 13.6. The molecule has 1 N–H and O–H groups in total. The summed E-state index contributed by atoms with van der Waals surface area (Å²) in [5.41, 5.74) is 2.45. The number of rotatable bonds is 8. The number of hydrogen-bond acceptors (Lipinski definition) is 3. The molecule has 0 aliphatic heterocycles. The SMILES string of the molecule is C=CCN(C)c1cc(CNCC(C)C)cc(C(C)C)n1. The van der Waals surface area contributed by atoms with E-state index in [9.17, 15) is 0 Å². The Morgan fingerprint density at radius 1 is 1.30 bits per heavy atom. The Bertz CT molecular complexity index is 424. The maximum Gasteiger partial charge on any atom is 0.129 e. The first-order valence-corrected chi connectivity index (χ1v) is 7.47. The van der Waals surface area contributed by atoms with Gasteiger partial charge in [-0.1, -0.05) is 33.8 Å². The number of anilines is 1. The van der Waals surface area contributed by atoms with Gasteiger partial charge < -0.3 is 10.2 Å². The molecule has 1 aromatic rings. The van der Waals surface area contributed by atoms with Gasteiger partial charge in [0, 0.05) is 25.8 Å². The molecule has 20 heavy (non-hydrogen) atoms. The normalized spacial score (nSPS) is 11.2. The summed E-state index contributed by atoms with van der Waals surface area (Å²) in [6, 6.07) is 4.38. The quantitative estimate of drug-likeness (QED) is 0.735. The first kappa shape index (κ1) is 16.7. The Hall–Kier alpha value is -1.35.